The molecule has 0 spiro atoms. The van der Waals surface area contributed by atoms with Crippen LogP contribution in [-0.2, 0) is 14.6 Å². The third-order valence-electron chi connectivity index (χ3n) is 2.48. The van der Waals surface area contributed by atoms with E-state index >= 15 is 0 Å². The summed E-state index contributed by atoms with van der Waals surface area (Å²) >= 11 is 5.73. The Morgan fingerprint density at radius 2 is 1.95 bits per heavy atom. The van der Waals surface area contributed by atoms with Crippen molar-refractivity contribution in [1.29, 1.82) is 0 Å². The van der Waals surface area contributed by atoms with E-state index in [4.69, 9.17) is 16.7 Å². The van der Waals surface area contributed by atoms with Crippen molar-refractivity contribution in [2.45, 2.75) is 12.2 Å². The Bertz CT molecular complexity index is 626. The summed E-state index contributed by atoms with van der Waals surface area (Å²) in [5.74, 6) is -1.89. The van der Waals surface area contributed by atoms with Crippen molar-refractivity contribution < 1.29 is 23.1 Å². The lowest BCUT2D eigenvalue weighted by Crippen LogP contribution is -2.31. The molecule has 0 aliphatic heterocycles. The van der Waals surface area contributed by atoms with E-state index in [2.05, 4.69) is 5.32 Å². The van der Waals surface area contributed by atoms with E-state index in [1.165, 1.54) is 25.1 Å². The topological polar surface area (TPSA) is 101 Å². The third-order valence-corrected chi connectivity index (χ3v) is 4.29. The number of hydrogen-bond donors (Lipinski definition) is 2. The van der Waals surface area contributed by atoms with E-state index in [1.54, 1.807) is 0 Å². The number of aromatic carboxylic acids is 1. The van der Waals surface area contributed by atoms with Gasteiger partial charge < -0.3 is 10.4 Å². The number of benzene rings is 1. The first-order chi connectivity index (χ1) is 8.62. The highest BCUT2D eigenvalue weighted by molar-refractivity contribution is 7.92. The molecular weight excluding hydrogens is 294 g/mol. The fourth-order valence-electron chi connectivity index (χ4n) is 1.20. The molecule has 1 aromatic rings. The summed E-state index contributed by atoms with van der Waals surface area (Å²) in [5.41, 5.74) is 0.131. The summed E-state index contributed by atoms with van der Waals surface area (Å²) in [6.07, 6.45) is 0.956. The zero-order valence-electron chi connectivity index (χ0n) is 10.2. The Balaban J connectivity index is 2.93. The molecule has 0 saturated carbocycles. The first-order valence-corrected chi connectivity index (χ1v) is 7.48. The number of amides is 1. The molecule has 1 atom stereocenters. The second kappa shape index (κ2) is 5.58. The molecule has 0 bridgehead atoms. The number of anilines is 1. The van der Waals surface area contributed by atoms with Gasteiger partial charge in [-0.3, -0.25) is 4.79 Å². The van der Waals surface area contributed by atoms with Crippen molar-refractivity contribution in [3.8, 4) is 0 Å². The van der Waals surface area contributed by atoms with Gasteiger partial charge in [-0.2, -0.15) is 0 Å². The number of hydrogen-bond acceptors (Lipinski definition) is 4. The van der Waals surface area contributed by atoms with Gasteiger partial charge in [-0.15, -0.1) is 0 Å². The second-order valence-electron chi connectivity index (χ2n) is 3.96. The van der Waals surface area contributed by atoms with Crippen LogP contribution in [0.1, 0.15) is 17.3 Å². The smallest absolute Gasteiger partial charge is 0.337 e. The minimum Gasteiger partial charge on any atom is -0.478 e. The zero-order valence-corrected chi connectivity index (χ0v) is 11.7. The van der Waals surface area contributed by atoms with Crippen LogP contribution in [0.3, 0.4) is 0 Å². The number of carbonyl (C=O) groups excluding carboxylic acids is 1. The maximum atomic E-state index is 11.6. The van der Waals surface area contributed by atoms with Gasteiger partial charge in [0, 0.05) is 11.9 Å². The minimum absolute atomic E-state index is 0.0442. The van der Waals surface area contributed by atoms with Crippen molar-refractivity contribution in [2.24, 2.45) is 0 Å². The van der Waals surface area contributed by atoms with Crippen molar-refractivity contribution in [1.82, 2.24) is 0 Å². The molecule has 0 aromatic heterocycles. The number of sulfone groups is 1. The molecule has 8 heteroatoms. The Labute approximate surface area is 115 Å². The normalized spacial score (nSPS) is 12.8. The Kier molecular flexibility index (Phi) is 4.54. The molecule has 0 radical (unpaired) electrons. The molecule has 0 heterocycles. The molecule has 104 valence electrons. The molecule has 2 N–H and O–H groups in total. The minimum atomic E-state index is -3.49. The van der Waals surface area contributed by atoms with Crippen LogP contribution in [0.25, 0.3) is 0 Å². The van der Waals surface area contributed by atoms with Crippen LogP contribution in [0, 0.1) is 0 Å². The van der Waals surface area contributed by atoms with E-state index in [9.17, 15) is 18.0 Å². The predicted octanol–water partition coefficient (Wildman–Crippen LogP) is 1.41. The van der Waals surface area contributed by atoms with Crippen LogP contribution >= 0.6 is 11.6 Å². The Morgan fingerprint density at radius 3 is 2.37 bits per heavy atom. The molecule has 0 saturated heterocycles. The molecule has 1 amide bonds. The highest BCUT2D eigenvalue weighted by Gasteiger charge is 2.23. The first-order valence-electron chi connectivity index (χ1n) is 5.15. The van der Waals surface area contributed by atoms with E-state index in [0.717, 1.165) is 6.26 Å². The Hall–Kier alpha value is -1.60. The second-order valence-corrected chi connectivity index (χ2v) is 6.73. The lowest BCUT2D eigenvalue weighted by molar-refractivity contribution is -0.115. The van der Waals surface area contributed by atoms with Gasteiger partial charge in [0.05, 0.1) is 10.6 Å². The molecule has 1 rings (SSSR count). The lowest BCUT2D eigenvalue weighted by Gasteiger charge is -2.11. The molecule has 1 unspecified atom stereocenters. The van der Waals surface area contributed by atoms with E-state index in [-0.39, 0.29) is 16.3 Å². The van der Waals surface area contributed by atoms with Crippen molar-refractivity contribution in [2.75, 3.05) is 11.6 Å². The predicted molar refractivity (Wildman–Crippen MR) is 71.3 cm³/mol. The quantitative estimate of drug-likeness (QED) is 0.876. The highest BCUT2D eigenvalue weighted by atomic mass is 35.5. The van der Waals surface area contributed by atoms with E-state index < -0.39 is 27.0 Å². The largest absolute Gasteiger partial charge is 0.478 e. The van der Waals surface area contributed by atoms with Gasteiger partial charge in [0.15, 0.2) is 9.84 Å². The maximum absolute atomic E-state index is 11.6. The van der Waals surface area contributed by atoms with Gasteiger partial charge in [-0.1, -0.05) is 11.6 Å². The fraction of sp³-hybridized carbons (Fsp3) is 0.273. The van der Waals surface area contributed by atoms with E-state index in [1.807, 2.05) is 0 Å². The van der Waals surface area contributed by atoms with Gasteiger partial charge in [0.25, 0.3) is 0 Å². The van der Waals surface area contributed by atoms with Gasteiger partial charge >= 0.3 is 5.97 Å². The standard InChI is InChI=1S/C11H12ClNO5S/c1-6(19(2,17)18)10(14)13-7-3-4-8(11(15)16)9(12)5-7/h3-6H,1-2H3,(H,13,14)(H,15,16). The van der Waals surface area contributed by atoms with Crippen molar-refractivity contribution >= 4 is 39.0 Å². The number of nitrogens with one attached hydrogen (secondary N) is 1. The van der Waals surface area contributed by atoms with Gasteiger partial charge in [0.2, 0.25) is 5.91 Å². The third kappa shape index (κ3) is 3.93. The molecular formula is C11H12ClNO5S. The monoisotopic (exact) mass is 305 g/mol. The van der Waals surface area contributed by atoms with Crippen LogP contribution in [0.5, 0.6) is 0 Å². The first kappa shape index (κ1) is 15.5. The van der Waals surface area contributed by atoms with Gasteiger partial charge in [0.1, 0.15) is 5.25 Å². The average Bonchev–Trinajstić information content (AvgIpc) is 2.26. The zero-order chi connectivity index (χ0) is 14.8. The number of carboxylic acid groups (broad SMARTS) is 1. The van der Waals surface area contributed by atoms with Crippen LogP contribution in [0.2, 0.25) is 5.02 Å². The van der Waals surface area contributed by atoms with Crippen LogP contribution in [0.15, 0.2) is 18.2 Å². The Morgan fingerprint density at radius 1 is 1.37 bits per heavy atom. The van der Waals surface area contributed by atoms with Gasteiger partial charge in [-0.25, -0.2) is 13.2 Å². The van der Waals surface area contributed by atoms with Crippen molar-refractivity contribution in [3.63, 3.8) is 0 Å². The summed E-state index contributed by atoms with van der Waals surface area (Å²) in [4.78, 5) is 22.4. The number of halogens is 1. The summed E-state index contributed by atoms with van der Waals surface area (Å²) < 4.78 is 22.4. The number of rotatable bonds is 4. The number of carbonyl (C=O) groups is 2. The van der Waals surface area contributed by atoms with Crippen LogP contribution in [-0.4, -0.2) is 36.9 Å². The lowest BCUT2D eigenvalue weighted by atomic mass is 10.2. The summed E-state index contributed by atoms with van der Waals surface area (Å²) in [6, 6.07) is 3.81. The molecule has 6 nitrogen and oxygen atoms in total. The SMILES string of the molecule is CC(C(=O)Nc1ccc(C(=O)O)c(Cl)c1)S(C)(=O)=O. The van der Waals surface area contributed by atoms with Gasteiger partial charge in [-0.05, 0) is 25.1 Å². The molecule has 1 aromatic carbocycles. The fourth-order valence-corrected chi connectivity index (χ4v) is 1.91. The summed E-state index contributed by atoms with van der Waals surface area (Å²) in [7, 11) is -3.49. The maximum Gasteiger partial charge on any atom is 0.337 e. The molecule has 0 aliphatic rings. The average molecular weight is 306 g/mol. The number of carboxylic acids is 1. The highest BCUT2D eigenvalue weighted by Crippen LogP contribution is 2.21. The van der Waals surface area contributed by atoms with Crippen LogP contribution in [0.4, 0.5) is 5.69 Å². The molecule has 0 fully saturated rings. The van der Waals surface area contributed by atoms with Crippen molar-refractivity contribution in [3.05, 3.63) is 28.8 Å². The summed E-state index contributed by atoms with van der Waals surface area (Å²) in [5, 5.41) is 9.89. The summed E-state index contributed by atoms with van der Waals surface area (Å²) in [6.45, 7) is 1.26. The molecule has 0 aliphatic carbocycles. The van der Waals surface area contributed by atoms with Crippen LogP contribution < -0.4 is 5.32 Å². The molecule has 19 heavy (non-hydrogen) atoms. The van der Waals surface area contributed by atoms with E-state index in [0.29, 0.717) is 0 Å².